The Labute approximate surface area is 100 Å². The van der Waals surface area contributed by atoms with Crippen LogP contribution >= 0.6 is 0 Å². The van der Waals surface area contributed by atoms with Crippen LogP contribution in [0.3, 0.4) is 0 Å². The minimum atomic E-state index is 0.252. The van der Waals surface area contributed by atoms with Crippen LogP contribution in [0.15, 0.2) is 12.4 Å². The van der Waals surface area contributed by atoms with Gasteiger partial charge in [0.1, 0.15) is 12.1 Å². The molecular weight excluding hydrogens is 216 g/mol. The summed E-state index contributed by atoms with van der Waals surface area (Å²) < 4.78 is 1.71. The van der Waals surface area contributed by atoms with Crippen LogP contribution in [0.1, 0.15) is 25.5 Å². The number of aryl methyl sites for hydroxylation is 1. The molecule has 0 radical (unpaired) electrons. The van der Waals surface area contributed by atoms with Gasteiger partial charge in [-0.1, -0.05) is 0 Å². The monoisotopic (exact) mass is 234 g/mol. The maximum Gasteiger partial charge on any atom is 0.254 e. The molecule has 2 aromatic heterocycles. The third-order valence-electron chi connectivity index (χ3n) is 2.52. The van der Waals surface area contributed by atoms with Crippen molar-refractivity contribution in [3.05, 3.63) is 18.1 Å². The van der Waals surface area contributed by atoms with E-state index in [0.717, 1.165) is 30.9 Å². The third kappa shape index (κ3) is 2.91. The smallest absolute Gasteiger partial charge is 0.254 e. The number of rotatable bonds is 5. The van der Waals surface area contributed by atoms with E-state index in [0.29, 0.717) is 5.78 Å². The molecule has 0 saturated heterocycles. The van der Waals surface area contributed by atoms with Crippen molar-refractivity contribution in [1.82, 2.24) is 19.6 Å². The molecule has 2 aromatic rings. The highest BCUT2D eigenvalue weighted by Crippen LogP contribution is 2.10. The Morgan fingerprint density at radius 2 is 2.35 bits per heavy atom. The van der Waals surface area contributed by atoms with Crippen LogP contribution in [0.4, 0.5) is 5.82 Å². The summed E-state index contributed by atoms with van der Waals surface area (Å²) in [5.74, 6) is 1.55. The number of anilines is 1. The van der Waals surface area contributed by atoms with E-state index >= 15 is 0 Å². The van der Waals surface area contributed by atoms with Crippen LogP contribution in [0.2, 0.25) is 0 Å². The first-order valence-electron chi connectivity index (χ1n) is 5.83. The minimum absolute atomic E-state index is 0.252. The SMILES string of the molecule is Cc1cc(NCCCC(C)N)n2ncnc2n1. The Balaban J connectivity index is 2.04. The summed E-state index contributed by atoms with van der Waals surface area (Å²) >= 11 is 0. The van der Waals surface area contributed by atoms with Crippen LogP contribution in [0.25, 0.3) is 5.78 Å². The Morgan fingerprint density at radius 3 is 3.12 bits per heavy atom. The van der Waals surface area contributed by atoms with Gasteiger partial charge in [-0.05, 0) is 26.7 Å². The Kier molecular flexibility index (Phi) is 3.53. The number of hydrogen-bond acceptors (Lipinski definition) is 5. The van der Waals surface area contributed by atoms with Gasteiger partial charge >= 0.3 is 0 Å². The molecule has 6 nitrogen and oxygen atoms in total. The number of aromatic nitrogens is 4. The van der Waals surface area contributed by atoms with Crippen LogP contribution in [-0.2, 0) is 0 Å². The summed E-state index contributed by atoms with van der Waals surface area (Å²) in [6.45, 7) is 4.84. The van der Waals surface area contributed by atoms with E-state index in [1.807, 2.05) is 19.9 Å². The van der Waals surface area contributed by atoms with Gasteiger partial charge in [0.05, 0.1) is 0 Å². The zero-order valence-electron chi connectivity index (χ0n) is 10.2. The van der Waals surface area contributed by atoms with Crippen LogP contribution in [-0.4, -0.2) is 32.2 Å². The first kappa shape index (κ1) is 11.8. The molecule has 0 aliphatic rings. The van der Waals surface area contributed by atoms with E-state index in [9.17, 15) is 0 Å². The van der Waals surface area contributed by atoms with Gasteiger partial charge in [0, 0.05) is 24.3 Å². The van der Waals surface area contributed by atoms with Gasteiger partial charge in [0.15, 0.2) is 0 Å². The highest BCUT2D eigenvalue weighted by Gasteiger charge is 2.04. The fourth-order valence-electron chi connectivity index (χ4n) is 1.70. The van der Waals surface area contributed by atoms with Crippen molar-refractivity contribution in [3.63, 3.8) is 0 Å². The Bertz CT molecular complexity index is 490. The lowest BCUT2D eigenvalue weighted by Crippen LogP contribution is -2.16. The molecule has 1 atom stereocenters. The molecule has 6 heteroatoms. The molecule has 92 valence electrons. The maximum atomic E-state index is 5.70. The average Bonchev–Trinajstić information content (AvgIpc) is 2.71. The summed E-state index contributed by atoms with van der Waals surface area (Å²) in [5.41, 5.74) is 6.64. The van der Waals surface area contributed by atoms with Crippen LogP contribution in [0, 0.1) is 6.92 Å². The first-order valence-corrected chi connectivity index (χ1v) is 5.83. The van der Waals surface area contributed by atoms with Crippen molar-refractivity contribution in [2.75, 3.05) is 11.9 Å². The highest BCUT2D eigenvalue weighted by atomic mass is 15.3. The van der Waals surface area contributed by atoms with Gasteiger partial charge < -0.3 is 11.1 Å². The number of nitrogens with two attached hydrogens (primary N) is 1. The van der Waals surface area contributed by atoms with Crippen molar-refractivity contribution < 1.29 is 0 Å². The van der Waals surface area contributed by atoms with E-state index in [4.69, 9.17) is 5.73 Å². The lowest BCUT2D eigenvalue weighted by atomic mass is 10.2. The molecule has 17 heavy (non-hydrogen) atoms. The zero-order valence-corrected chi connectivity index (χ0v) is 10.2. The second-order valence-electron chi connectivity index (χ2n) is 4.30. The summed E-state index contributed by atoms with van der Waals surface area (Å²) in [6, 6.07) is 2.22. The fraction of sp³-hybridized carbons (Fsp3) is 0.545. The van der Waals surface area contributed by atoms with Gasteiger partial charge in [-0.15, -0.1) is 0 Å². The fourth-order valence-corrected chi connectivity index (χ4v) is 1.70. The van der Waals surface area contributed by atoms with Crippen molar-refractivity contribution in [3.8, 4) is 0 Å². The topological polar surface area (TPSA) is 81.1 Å². The normalized spacial score (nSPS) is 12.9. The van der Waals surface area contributed by atoms with Gasteiger partial charge in [-0.3, -0.25) is 0 Å². The van der Waals surface area contributed by atoms with Crippen LogP contribution < -0.4 is 11.1 Å². The predicted molar refractivity (Wildman–Crippen MR) is 66.9 cm³/mol. The lowest BCUT2D eigenvalue weighted by molar-refractivity contribution is 0.638. The predicted octanol–water partition coefficient (Wildman–Crippen LogP) is 0.972. The average molecular weight is 234 g/mol. The second kappa shape index (κ2) is 5.09. The molecule has 0 spiro atoms. The molecule has 3 N–H and O–H groups in total. The van der Waals surface area contributed by atoms with Gasteiger partial charge in [0.25, 0.3) is 5.78 Å². The van der Waals surface area contributed by atoms with E-state index in [-0.39, 0.29) is 6.04 Å². The van der Waals surface area contributed by atoms with Crippen molar-refractivity contribution in [1.29, 1.82) is 0 Å². The minimum Gasteiger partial charge on any atom is -0.370 e. The molecule has 2 rings (SSSR count). The molecule has 0 bridgehead atoms. The molecule has 0 aliphatic heterocycles. The molecule has 0 saturated carbocycles. The van der Waals surface area contributed by atoms with E-state index < -0.39 is 0 Å². The molecule has 1 unspecified atom stereocenters. The number of hydrogen-bond donors (Lipinski definition) is 2. The molecule has 0 aliphatic carbocycles. The molecular formula is C11H18N6. The standard InChI is InChI=1S/C11H18N6/c1-8(12)4-3-5-13-10-6-9(2)16-11-14-7-15-17(10)11/h6-8,13H,3-5,12H2,1-2H3. The van der Waals surface area contributed by atoms with Crippen LogP contribution in [0.5, 0.6) is 0 Å². The largest absolute Gasteiger partial charge is 0.370 e. The van der Waals surface area contributed by atoms with E-state index in [2.05, 4.69) is 20.4 Å². The number of nitrogens with one attached hydrogen (secondary N) is 1. The van der Waals surface area contributed by atoms with Gasteiger partial charge in [-0.2, -0.15) is 14.6 Å². The molecule has 0 fully saturated rings. The first-order chi connectivity index (χ1) is 8.16. The van der Waals surface area contributed by atoms with E-state index in [1.165, 1.54) is 6.33 Å². The molecule has 0 aromatic carbocycles. The van der Waals surface area contributed by atoms with Gasteiger partial charge in [-0.25, -0.2) is 4.98 Å². The van der Waals surface area contributed by atoms with E-state index in [1.54, 1.807) is 4.52 Å². The maximum absolute atomic E-state index is 5.70. The summed E-state index contributed by atoms with van der Waals surface area (Å²) in [4.78, 5) is 8.36. The summed E-state index contributed by atoms with van der Waals surface area (Å²) in [6.07, 6.45) is 3.56. The van der Waals surface area contributed by atoms with Crippen molar-refractivity contribution >= 4 is 11.6 Å². The van der Waals surface area contributed by atoms with Crippen molar-refractivity contribution in [2.24, 2.45) is 5.73 Å². The zero-order chi connectivity index (χ0) is 12.3. The Morgan fingerprint density at radius 1 is 1.53 bits per heavy atom. The number of fused-ring (bicyclic) bond motifs is 1. The third-order valence-corrected chi connectivity index (χ3v) is 2.52. The lowest BCUT2D eigenvalue weighted by Gasteiger charge is -2.09. The Hall–Kier alpha value is -1.69. The highest BCUT2D eigenvalue weighted by molar-refractivity contribution is 5.44. The van der Waals surface area contributed by atoms with Gasteiger partial charge in [0.2, 0.25) is 0 Å². The summed E-state index contributed by atoms with van der Waals surface area (Å²) in [5, 5.41) is 7.46. The van der Waals surface area contributed by atoms with Crippen molar-refractivity contribution in [2.45, 2.75) is 32.7 Å². The second-order valence-corrected chi connectivity index (χ2v) is 4.30. The summed E-state index contributed by atoms with van der Waals surface area (Å²) in [7, 11) is 0. The number of nitrogens with zero attached hydrogens (tertiary/aromatic N) is 4. The quantitative estimate of drug-likeness (QED) is 0.753. The molecule has 2 heterocycles. The molecule has 0 amide bonds.